The minimum atomic E-state index is 0.410. The molecule has 0 spiro atoms. The first-order valence-electron chi connectivity index (χ1n) is 6.34. The second-order valence-corrected chi connectivity index (χ2v) is 4.43. The highest BCUT2D eigenvalue weighted by atomic mass is 16.5. The van der Waals surface area contributed by atoms with Crippen molar-refractivity contribution in [1.82, 2.24) is 15.1 Å². The lowest BCUT2D eigenvalue weighted by molar-refractivity contribution is -0.105. The van der Waals surface area contributed by atoms with Crippen molar-refractivity contribution in [2.24, 2.45) is 0 Å². The van der Waals surface area contributed by atoms with Crippen LogP contribution < -0.4 is 5.32 Å². The Morgan fingerprint density at radius 3 is 2.71 bits per heavy atom. The van der Waals surface area contributed by atoms with Crippen molar-refractivity contribution in [3.8, 4) is 23.0 Å². The fourth-order valence-corrected chi connectivity index (χ4v) is 1.93. The number of aromatic nitrogens is 3. The Bertz CT molecular complexity index is 765. The molecule has 3 rings (SSSR count). The van der Waals surface area contributed by atoms with E-state index in [-0.39, 0.29) is 0 Å². The fraction of sp³-hybridized carbons (Fsp3) is 0.0667. The molecule has 0 aliphatic carbocycles. The summed E-state index contributed by atoms with van der Waals surface area (Å²) in [5, 5.41) is 6.53. The number of rotatable bonds is 4. The summed E-state index contributed by atoms with van der Waals surface area (Å²) in [6.07, 6.45) is 2.32. The van der Waals surface area contributed by atoms with Crippen LogP contribution in [0.2, 0.25) is 0 Å². The van der Waals surface area contributed by atoms with Crippen molar-refractivity contribution in [3.05, 3.63) is 48.2 Å². The average Bonchev–Trinajstić information content (AvgIpc) is 2.98. The molecule has 0 radical (unpaired) electrons. The van der Waals surface area contributed by atoms with Gasteiger partial charge >= 0.3 is 0 Å². The zero-order valence-corrected chi connectivity index (χ0v) is 11.3. The standard InChI is InChI=1S/C15H12N4O2/c1-10-3-2-8-16-13(10)14-18-15(21-19-14)11-4-6-12(7-5-11)17-9-20/h2-9H,1H3,(H,17,20). The topological polar surface area (TPSA) is 80.9 Å². The summed E-state index contributed by atoms with van der Waals surface area (Å²) in [7, 11) is 0. The third kappa shape index (κ3) is 2.64. The average molecular weight is 280 g/mol. The first-order chi connectivity index (χ1) is 10.3. The lowest BCUT2D eigenvalue weighted by atomic mass is 10.2. The van der Waals surface area contributed by atoms with Gasteiger partial charge in [-0.2, -0.15) is 4.98 Å². The van der Waals surface area contributed by atoms with E-state index in [1.807, 2.05) is 19.1 Å². The summed E-state index contributed by atoms with van der Waals surface area (Å²) >= 11 is 0. The Kier molecular flexibility index (Phi) is 3.42. The first-order valence-corrected chi connectivity index (χ1v) is 6.34. The molecule has 0 atom stereocenters. The number of aryl methyl sites for hydroxylation is 1. The van der Waals surface area contributed by atoms with Crippen molar-refractivity contribution < 1.29 is 9.32 Å². The quantitative estimate of drug-likeness (QED) is 0.743. The molecule has 0 bridgehead atoms. The first kappa shape index (κ1) is 13.0. The molecule has 104 valence electrons. The molecule has 1 aromatic carbocycles. The molecule has 2 aromatic heterocycles. The minimum Gasteiger partial charge on any atom is -0.334 e. The summed E-state index contributed by atoms with van der Waals surface area (Å²) in [4.78, 5) is 19.0. The fourth-order valence-electron chi connectivity index (χ4n) is 1.93. The number of hydrogen-bond acceptors (Lipinski definition) is 5. The molecule has 21 heavy (non-hydrogen) atoms. The van der Waals surface area contributed by atoms with Gasteiger partial charge in [0.1, 0.15) is 5.69 Å². The zero-order valence-electron chi connectivity index (χ0n) is 11.3. The van der Waals surface area contributed by atoms with Crippen LogP contribution in [0.25, 0.3) is 23.0 Å². The monoisotopic (exact) mass is 280 g/mol. The largest absolute Gasteiger partial charge is 0.334 e. The molecule has 2 heterocycles. The Labute approximate surface area is 120 Å². The number of pyridine rings is 1. The Hall–Kier alpha value is -3.02. The van der Waals surface area contributed by atoms with Crippen LogP contribution in [0.1, 0.15) is 5.56 Å². The number of anilines is 1. The predicted octanol–water partition coefficient (Wildman–Crippen LogP) is 2.68. The van der Waals surface area contributed by atoms with E-state index in [9.17, 15) is 4.79 Å². The molecule has 0 aliphatic heterocycles. The van der Waals surface area contributed by atoms with Gasteiger partial charge in [-0.1, -0.05) is 11.2 Å². The maximum Gasteiger partial charge on any atom is 0.258 e. The highest BCUT2D eigenvalue weighted by Gasteiger charge is 2.13. The molecular formula is C15H12N4O2. The van der Waals surface area contributed by atoms with E-state index in [1.165, 1.54) is 0 Å². The molecule has 0 aliphatic rings. The molecule has 0 saturated carbocycles. The van der Waals surface area contributed by atoms with Gasteiger partial charge in [0.25, 0.3) is 5.89 Å². The van der Waals surface area contributed by atoms with Crippen LogP contribution in [0, 0.1) is 6.92 Å². The van der Waals surface area contributed by atoms with E-state index < -0.39 is 0 Å². The van der Waals surface area contributed by atoms with E-state index in [4.69, 9.17) is 4.52 Å². The summed E-state index contributed by atoms with van der Waals surface area (Å²) in [6.45, 7) is 1.94. The number of amides is 1. The van der Waals surface area contributed by atoms with Crippen molar-refractivity contribution in [2.75, 3.05) is 5.32 Å². The number of hydrogen-bond donors (Lipinski definition) is 1. The van der Waals surface area contributed by atoms with Gasteiger partial charge in [-0.3, -0.25) is 9.78 Å². The third-order valence-electron chi connectivity index (χ3n) is 3.00. The molecule has 6 heteroatoms. The molecule has 1 N–H and O–H groups in total. The van der Waals surface area contributed by atoms with Gasteiger partial charge in [-0.05, 0) is 42.8 Å². The molecule has 0 unspecified atom stereocenters. The van der Waals surface area contributed by atoms with Crippen molar-refractivity contribution in [2.45, 2.75) is 6.92 Å². The molecule has 0 saturated heterocycles. The Morgan fingerprint density at radius 2 is 2.00 bits per heavy atom. The van der Waals surface area contributed by atoms with Gasteiger partial charge in [-0.15, -0.1) is 0 Å². The van der Waals surface area contributed by atoms with E-state index in [0.29, 0.717) is 29.5 Å². The highest BCUT2D eigenvalue weighted by molar-refractivity contribution is 5.72. The van der Waals surface area contributed by atoms with Gasteiger partial charge in [0.05, 0.1) is 0 Å². The van der Waals surface area contributed by atoms with Crippen LogP contribution >= 0.6 is 0 Å². The Balaban J connectivity index is 1.91. The molecule has 3 aromatic rings. The van der Waals surface area contributed by atoms with E-state index in [0.717, 1.165) is 11.1 Å². The molecular weight excluding hydrogens is 268 g/mol. The van der Waals surface area contributed by atoms with Gasteiger partial charge in [0, 0.05) is 17.4 Å². The van der Waals surface area contributed by atoms with Gasteiger partial charge in [-0.25, -0.2) is 0 Å². The second-order valence-electron chi connectivity index (χ2n) is 4.43. The Morgan fingerprint density at radius 1 is 1.19 bits per heavy atom. The lowest BCUT2D eigenvalue weighted by Crippen LogP contribution is -1.92. The van der Waals surface area contributed by atoms with Gasteiger partial charge in [0.2, 0.25) is 12.2 Å². The van der Waals surface area contributed by atoms with Crippen LogP contribution in [0.15, 0.2) is 47.1 Å². The molecule has 1 amide bonds. The summed E-state index contributed by atoms with van der Waals surface area (Å²) in [5.74, 6) is 0.867. The maximum atomic E-state index is 10.4. The summed E-state index contributed by atoms with van der Waals surface area (Å²) in [6, 6.07) is 10.9. The van der Waals surface area contributed by atoms with Crippen molar-refractivity contribution >= 4 is 12.1 Å². The zero-order chi connectivity index (χ0) is 14.7. The predicted molar refractivity (Wildman–Crippen MR) is 77.4 cm³/mol. The number of benzene rings is 1. The van der Waals surface area contributed by atoms with E-state index in [1.54, 1.807) is 30.5 Å². The van der Waals surface area contributed by atoms with Crippen molar-refractivity contribution in [1.29, 1.82) is 0 Å². The summed E-state index contributed by atoms with van der Waals surface area (Å²) < 4.78 is 5.27. The van der Waals surface area contributed by atoms with Gasteiger partial charge < -0.3 is 9.84 Å². The third-order valence-corrected chi connectivity index (χ3v) is 3.00. The van der Waals surface area contributed by atoms with Crippen LogP contribution in [0.4, 0.5) is 5.69 Å². The number of nitrogens with zero attached hydrogens (tertiary/aromatic N) is 3. The number of carbonyl (C=O) groups is 1. The maximum absolute atomic E-state index is 10.4. The van der Waals surface area contributed by atoms with E-state index in [2.05, 4.69) is 20.4 Å². The normalized spacial score (nSPS) is 10.3. The molecule has 6 nitrogen and oxygen atoms in total. The van der Waals surface area contributed by atoms with Crippen molar-refractivity contribution in [3.63, 3.8) is 0 Å². The van der Waals surface area contributed by atoms with Crippen LogP contribution in [0.3, 0.4) is 0 Å². The smallest absolute Gasteiger partial charge is 0.258 e. The lowest BCUT2D eigenvalue weighted by Gasteiger charge is -1.99. The van der Waals surface area contributed by atoms with E-state index >= 15 is 0 Å². The highest BCUT2D eigenvalue weighted by Crippen LogP contribution is 2.23. The summed E-state index contributed by atoms with van der Waals surface area (Å²) in [5.41, 5.74) is 3.16. The van der Waals surface area contributed by atoms with Crippen LogP contribution in [0.5, 0.6) is 0 Å². The minimum absolute atomic E-state index is 0.410. The second kappa shape index (κ2) is 5.54. The van der Waals surface area contributed by atoms with Crippen LogP contribution in [-0.4, -0.2) is 21.5 Å². The molecule has 0 fully saturated rings. The number of carbonyl (C=O) groups excluding carboxylic acids is 1. The SMILES string of the molecule is Cc1cccnc1-c1noc(-c2ccc(NC=O)cc2)n1. The number of nitrogens with one attached hydrogen (secondary N) is 1. The van der Waals surface area contributed by atoms with Crippen LogP contribution in [-0.2, 0) is 4.79 Å². The van der Waals surface area contributed by atoms with Gasteiger partial charge in [0.15, 0.2) is 0 Å².